The van der Waals surface area contributed by atoms with Crippen molar-refractivity contribution >= 4 is 51.0 Å². The molecule has 1 N–H and O–H groups in total. The third-order valence-corrected chi connectivity index (χ3v) is 4.33. The van der Waals surface area contributed by atoms with Gasteiger partial charge in [-0.05, 0) is 24.3 Å². The van der Waals surface area contributed by atoms with Gasteiger partial charge in [-0.1, -0.05) is 41.4 Å². The van der Waals surface area contributed by atoms with E-state index in [0.29, 0.717) is 26.6 Å². The molecular formula is C17H8Cl2N2O4. The lowest BCUT2D eigenvalue weighted by Gasteiger charge is -2.07. The van der Waals surface area contributed by atoms with Gasteiger partial charge >= 0.3 is 11.6 Å². The standard InChI is InChI=1S/C17H8Cl2N2O4/c18-8-5-6-9-10(7-8)17(24)25-15-13(16(22)23)20-21(14(9)15)12-4-2-1-3-11(12)19/h1-7H,(H,22,23). The summed E-state index contributed by atoms with van der Waals surface area (Å²) in [7, 11) is 0. The Balaban J connectivity index is 2.26. The van der Waals surface area contributed by atoms with Crippen LogP contribution in [-0.2, 0) is 0 Å². The Morgan fingerprint density at radius 2 is 1.88 bits per heavy atom. The third-order valence-electron chi connectivity index (χ3n) is 3.78. The SMILES string of the molecule is O=C(O)c1nn(-c2ccccc2Cl)c2c1oc(=O)c1cc(Cl)ccc12. The molecule has 0 atom stereocenters. The summed E-state index contributed by atoms with van der Waals surface area (Å²) in [5, 5.41) is 15.0. The van der Waals surface area contributed by atoms with Crippen molar-refractivity contribution in [2.24, 2.45) is 0 Å². The summed E-state index contributed by atoms with van der Waals surface area (Å²) in [5.41, 5.74) is -0.383. The maximum Gasteiger partial charge on any atom is 0.360 e. The first-order valence-corrected chi connectivity index (χ1v) is 7.86. The van der Waals surface area contributed by atoms with E-state index in [-0.39, 0.29) is 16.7 Å². The van der Waals surface area contributed by atoms with E-state index in [2.05, 4.69) is 5.10 Å². The summed E-state index contributed by atoms with van der Waals surface area (Å²) in [4.78, 5) is 23.8. The number of hydrogen-bond donors (Lipinski definition) is 1. The molecule has 0 aliphatic carbocycles. The third kappa shape index (κ3) is 2.38. The van der Waals surface area contributed by atoms with Gasteiger partial charge in [-0.25, -0.2) is 14.3 Å². The minimum atomic E-state index is -1.31. The monoisotopic (exact) mass is 374 g/mol. The van der Waals surface area contributed by atoms with Gasteiger partial charge in [0.2, 0.25) is 5.69 Å². The first kappa shape index (κ1) is 15.7. The van der Waals surface area contributed by atoms with Gasteiger partial charge in [0, 0.05) is 10.4 Å². The fourth-order valence-electron chi connectivity index (χ4n) is 2.71. The molecule has 8 heteroatoms. The van der Waals surface area contributed by atoms with E-state index in [1.807, 2.05) is 0 Å². The van der Waals surface area contributed by atoms with Gasteiger partial charge in [-0.2, -0.15) is 5.10 Å². The smallest absolute Gasteiger partial charge is 0.360 e. The highest BCUT2D eigenvalue weighted by Gasteiger charge is 2.24. The van der Waals surface area contributed by atoms with E-state index in [9.17, 15) is 14.7 Å². The van der Waals surface area contributed by atoms with Gasteiger partial charge in [0.1, 0.15) is 5.52 Å². The maximum absolute atomic E-state index is 12.3. The van der Waals surface area contributed by atoms with Crippen LogP contribution in [0.3, 0.4) is 0 Å². The normalized spacial score (nSPS) is 11.3. The van der Waals surface area contributed by atoms with Crippen molar-refractivity contribution in [1.29, 1.82) is 0 Å². The lowest BCUT2D eigenvalue weighted by Crippen LogP contribution is -2.02. The van der Waals surface area contributed by atoms with Crippen LogP contribution < -0.4 is 5.63 Å². The summed E-state index contributed by atoms with van der Waals surface area (Å²) >= 11 is 12.2. The Hall–Kier alpha value is -2.83. The molecule has 0 radical (unpaired) electrons. The van der Waals surface area contributed by atoms with E-state index in [0.717, 1.165) is 0 Å². The van der Waals surface area contributed by atoms with E-state index in [1.54, 1.807) is 36.4 Å². The van der Waals surface area contributed by atoms with E-state index in [4.69, 9.17) is 27.6 Å². The van der Waals surface area contributed by atoms with Crippen LogP contribution in [0.1, 0.15) is 10.5 Å². The molecule has 2 aromatic heterocycles. The second-order valence-electron chi connectivity index (χ2n) is 5.27. The average molecular weight is 375 g/mol. The molecule has 0 saturated heterocycles. The molecule has 0 fully saturated rings. The molecule has 0 amide bonds. The van der Waals surface area contributed by atoms with Crippen molar-refractivity contribution in [3.63, 3.8) is 0 Å². The number of hydrogen-bond acceptors (Lipinski definition) is 4. The van der Waals surface area contributed by atoms with Crippen LogP contribution in [0.2, 0.25) is 10.0 Å². The molecule has 124 valence electrons. The van der Waals surface area contributed by atoms with Crippen LogP contribution in [0.4, 0.5) is 0 Å². The number of aromatic nitrogens is 2. The molecule has 0 unspecified atom stereocenters. The molecule has 0 aliphatic heterocycles. The van der Waals surface area contributed by atoms with Crippen LogP contribution in [0.15, 0.2) is 51.7 Å². The van der Waals surface area contributed by atoms with Crippen molar-refractivity contribution in [1.82, 2.24) is 9.78 Å². The first-order valence-electron chi connectivity index (χ1n) is 7.10. The summed E-state index contributed by atoms with van der Waals surface area (Å²) < 4.78 is 6.60. The van der Waals surface area contributed by atoms with Crippen molar-refractivity contribution in [3.8, 4) is 5.69 Å². The highest BCUT2D eigenvalue weighted by Crippen LogP contribution is 2.31. The molecular weight excluding hydrogens is 367 g/mol. The number of benzene rings is 2. The number of para-hydroxylation sites is 1. The lowest BCUT2D eigenvalue weighted by atomic mass is 10.1. The van der Waals surface area contributed by atoms with Crippen molar-refractivity contribution < 1.29 is 14.3 Å². The predicted octanol–water partition coefficient (Wildman–Crippen LogP) is 4.14. The number of carboxylic acid groups (broad SMARTS) is 1. The Morgan fingerprint density at radius 3 is 2.60 bits per heavy atom. The molecule has 0 spiro atoms. The maximum atomic E-state index is 12.3. The molecule has 4 rings (SSSR count). The highest BCUT2D eigenvalue weighted by molar-refractivity contribution is 6.32. The number of halogens is 2. The predicted molar refractivity (Wildman–Crippen MR) is 94.1 cm³/mol. The Morgan fingerprint density at radius 1 is 1.12 bits per heavy atom. The molecule has 6 nitrogen and oxygen atoms in total. The van der Waals surface area contributed by atoms with Crippen LogP contribution in [0, 0.1) is 0 Å². The molecule has 0 aliphatic rings. The summed E-state index contributed by atoms with van der Waals surface area (Å²) in [6, 6.07) is 11.5. The molecule has 2 aromatic carbocycles. The minimum Gasteiger partial charge on any atom is -0.476 e. The second kappa shape index (κ2) is 5.61. The van der Waals surface area contributed by atoms with Gasteiger partial charge in [-0.3, -0.25) is 0 Å². The van der Waals surface area contributed by atoms with Gasteiger partial charge < -0.3 is 9.52 Å². The second-order valence-corrected chi connectivity index (χ2v) is 6.12. The highest BCUT2D eigenvalue weighted by atomic mass is 35.5. The van der Waals surface area contributed by atoms with Gasteiger partial charge in [0.05, 0.1) is 16.1 Å². The number of aromatic carboxylic acids is 1. The van der Waals surface area contributed by atoms with Crippen LogP contribution in [0.25, 0.3) is 27.6 Å². The number of carboxylic acids is 1. The lowest BCUT2D eigenvalue weighted by molar-refractivity contribution is 0.0690. The topological polar surface area (TPSA) is 85.3 Å². The fraction of sp³-hybridized carbons (Fsp3) is 0. The zero-order valence-corrected chi connectivity index (χ0v) is 13.9. The van der Waals surface area contributed by atoms with E-state index in [1.165, 1.54) is 10.7 Å². The van der Waals surface area contributed by atoms with Gasteiger partial charge in [-0.15, -0.1) is 0 Å². The quantitative estimate of drug-likeness (QED) is 0.569. The molecule has 25 heavy (non-hydrogen) atoms. The zero-order chi connectivity index (χ0) is 17.7. The molecule has 2 heterocycles. The van der Waals surface area contributed by atoms with Crippen molar-refractivity contribution in [2.45, 2.75) is 0 Å². The first-order chi connectivity index (χ1) is 12.0. The van der Waals surface area contributed by atoms with Crippen molar-refractivity contribution in [2.75, 3.05) is 0 Å². The number of nitrogens with zero attached hydrogens (tertiary/aromatic N) is 2. The molecule has 4 aromatic rings. The average Bonchev–Trinajstić information content (AvgIpc) is 2.95. The molecule has 0 bridgehead atoms. The summed E-state index contributed by atoms with van der Waals surface area (Å²) in [6.07, 6.45) is 0. The number of carbonyl (C=O) groups is 1. The fourth-order valence-corrected chi connectivity index (χ4v) is 3.10. The Bertz CT molecular complexity index is 1230. The Kier molecular flexibility index (Phi) is 3.52. The van der Waals surface area contributed by atoms with Crippen molar-refractivity contribution in [3.05, 3.63) is 68.6 Å². The van der Waals surface area contributed by atoms with Gasteiger partial charge in [0.25, 0.3) is 0 Å². The summed E-state index contributed by atoms with van der Waals surface area (Å²) in [6.45, 7) is 0. The van der Waals surface area contributed by atoms with Crippen LogP contribution in [0.5, 0.6) is 0 Å². The largest absolute Gasteiger partial charge is 0.476 e. The number of fused-ring (bicyclic) bond motifs is 3. The zero-order valence-electron chi connectivity index (χ0n) is 12.4. The molecule has 0 saturated carbocycles. The van der Waals surface area contributed by atoms with Crippen LogP contribution in [-0.4, -0.2) is 20.9 Å². The van der Waals surface area contributed by atoms with Gasteiger partial charge in [0.15, 0.2) is 5.58 Å². The minimum absolute atomic E-state index is 0.118. The summed E-state index contributed by atoms with van der Waals surface area (Å²) in [5.74, 6) is -1.31. The van der Waals surface area contributed by atoms with E-state index < -0.39 is 11.6 Å². The Labute approximate surface area is 149 Å². The van der Waals surface area contributed by atoms with Crippen LogP contribution >= 0.6 is 23.2 Å². The van der Waals surface area contributed by atoms with E-state index >= 15 is 0 Å². The number of rotatable bonds is 2.